The number of rotatable bonds is 5. The quantitative estimate of drug-likeness (QED) is 0.264. The first-order valence-corrected chi connectivity index (χ1v) is 14.3. The van der Waals surface area contributed by atoms with Crippen molar-refractivity contribution >= 4 is 23.4 Å². The smallest absolute Gasteiger partial charge is 0.417 e. The Morgan fingerprint density at radius 2 is 1.76 bits per heavy atom. The Balaban J connectivity index is 0.00000108. The number of hydrogen-bond acceptors (Lipinski definition) is 11. The molecule has 2 aromatic carbocycles. The molecule has 2 aromatic heterocycles. The van der Waals surface area contributed by atoms with E-state index in [1.807, 2.05) is 13.8 Å². The average molecular weight is 661 g/mol. The van der Waals surface area contributed by atoms with Gasteiger partial charge in [-0.15, -0.1) is 35.1 Å². The summed E-state index contributed by atoms with van der Waals surface area (Å²) >= 11 is 1.20. The zero-order valence-electron chi connectivity index (χ0n) is 25.3. The number of aliphatic hydroxyl groups is 1. The lowest BCUT2D eigenvalue weighted by atomic mass is 10.1. The van der Waals surface area contributed by atoms with E-state index in [1.165, 1.54) is 40.9 Å². The van der Waals surface area contributed by atoms with Gasteiger partial charge in [0, 0.05) is 19.0 Å². The van der Waals surface area contributed by atoms with Crippen LogP contribution in [0.2, 0.25) is 0 Å². The molecular formula is C28H36F4N6O6S. The van der Waals surface area contributed by atoms with Crippen molar-refractivity contribution < 1.29 is 48.0 Å². The third-order valence-corrected chi connectivity index (χ3v) is 6.38. The molecular weight excluding hydrogens is 624 g/mol. The number of alkyl halides is 3. The summed E-state index contributed by atoms with van der Waals surface area (Å²) in [5.41, 5.74) is 6.30. The summed E-state index contributed by atoms with van der Waals surface area (Å²) in [5.74, 6) is -1.33. The van der Waals surface area contributed by atoms with Crippen molar-refractivity contribution in [3.8, 4) is 28.9 Å². The van der Waals surface area contributed by atoms with Crippen LogP contribution in [0.3, 0.4) is 0 Å². The van der Waals surface area contributed by atoms with E-state index < -0.39 is 35.5 Å². The van der Waals surface area contributed by atoms with Gasteiger partial charge in [-0.05, 0) is 50.6 Å². The number of hydrogen-bond donors (Lipinski definition) is 2. The first-order valence-electron chi connectivity index (χ1n) is 13.3. The highest BCUT2D eigenvalue weighted by molar-refractivity contribution is 7.99. The predicted molar refractivity (Wildman–Crippen MR) is 160 cm³/mol. The molecule has 12 nitrogen and oxygen atoms in total. The lowest BCUT2D eigenvalue weighted by Gasteiger charge is -2.25. The van der Waals surface area contributed by atoms with Gasteiger partial charge in [0.1, 0.15) is 11.6 Å². The van der Waals surface area contributed by atoms with Gasteiger partial charge < -0.3 is 34.9 Å². The molecule has 5 rings (SSSR count). The van der Waals surface area contributed by atoms with Crippen molar-refractivity contribution in [1.82, 2.24) is 20.3 Å². The third-order valence-electron chi connectivity index (χ3n) is 5.21. The standard InChI is InChI=1S/C22H16F4N6O4S.C4H10O.C2H6.H2O.H2/c1-10-29-30-20(34-10)19-28-18(31-36-19)13-6-16-17(7-14(13)23)37-9-15(27)21(33)32(16)8-11-2-4-12(5-3-11)35-22(24,25)26;1-4(2,3)5;1-2;;/h2-7,15H,8-9,27H2,1H3;5H,1-3H3;1-2H3;1H2;1H/t15-;;;;/m0..../s1. The second kappa shape index (κ2) is 15.3. The normalized spacial score (nSPS) is 14.6. The van der Waals surface area contributed by atoms with Gasteiger partial charge in [-0.1, -0.05) is 31.1 Å². The molecule has 1 aliphatic heterocycles. The Labute approximate surface area is 261 Å². The number of nitrogens with zero attached hydrogens (tertiary/aromatic N) is 5. The number of amides is 1. The molecule has 17 heteroatoms. The van der Waals surface area contributed by atoms with Crippen LogP contribution < -0.4 is 15.4 Å². The number of nitrogens with two attached hydrogens (primary N) is 1. The number of benzene rings is 2. The Hall–Kier alpha value is -4.06. The minimum Gasteiger partial charge on any atom is -0.417 e. The molecule has 248 valence electrons. The SMILES string of the molecule is CC.CC(C)(C)O.Cc1nnc(-c2nc(-c3cc4c(cc3F)SC[C@H](N)C(=O)N4Cc3ccc(OC(F)(F)F)cc3)no2)o1.O.[HH]. The van der Waals surface area contributed by atoms with Crippen molar-refractivity contribution in [3.63, 3.8) is 0 Å². The Morgan fingerprint density at radius 1 is 1.13 bits per heavy atom. The maximum Gasteiger partial charge on any atom is 0.573 e. The molecule has 0 unspecified atom stereocenters. The number of carbonyl (C=O) groups is 1. The summed E-state index contributed by atoms with van der Waals surface area (Å²) in [4.78, 5) is 19.0. The fourth-order valence-electron chi connectivity index (χ4n) is 3.56. The zero-order valence-corrected chi connectivity index (χ0v) is 26.1. The molecule has 0 fully saturated rings. The van der Waals surface area contributed by atoms with E-state index in [0.717, 1.165) is 12.1 Å². The summed E-state index contributed by atoms with van der Waals surface area (Å²) in [6, 6.07) is 6.78. The van der Waals surface area contributed by atoms with Gasteiger partial charge in [0.2, 0.25) is 17.6 Å². The fraction of sp³-hybridized carbons (Fsp3) is 0.393. The molecule has 0 saturated heterocycles. The number of fused-ring (bicyclic) bond motifs is 1. The first-order chi connectivity index (χ1) is 20.6. The Kier molecular flexibility index (Phi) is 12.6. The molecule has 0 saturated carbocycles. The summed E-state index contributed by atoms with van der Waals surface area (Å²) < 4.78 is 66.8. The molecule has 4 aromatic rings. The number of aryl methyl sites for hydroxylation is 1. The Morgan fingerprint density at radius 3 is 2.31 bits per heavy atom. The van der Waals surface area contributed by atoms with E-state index in [2.05, 4.69) is 25.1 Å². The van der Waals surface area contributed by atoms with Gasteiger partial charge in [0.05, 0.1) is 29.4 Å². The van der Waals surface area contributed by atoms with Gasteiger partial charge >= 0.3 is 18.1 Å². The van der Waals surface area contributed by atoms with Crippen LogP contribution in [0, 0.1) is 12.7 Å². The zero-order chi connectivity index (χ0) is 32.8. The lowest BCUT2D eigenvalue weighted by molar-refractivity contribution is -0.274. The second-order valence-electron chi connectivity index (χ2n) is 10.1. The van der Waals surface area contributed by atoms with Crippen molar-refractivity contribution in [2.75, 3.05) is 10.7 Å². The van der Waals surface area contributed by atoms with Crippen LogP contribution in [-0.4, -0.2) is 60.6 Å². The first kappa shape index (κ1) is 37.1. The van der Waals surface area contributed by atoms with Crippen LogP contribution in [0.5, 0.6) is 5.75 Å². The van der Waals surface area contributed by atoms with Crippen LogP contribution in [0.15, 0.2) is 50.2 Å². The van der Waals surface area contributed by atoms with Crippen LogP contribution in [-0.2, 0) is 11.3 Å². The van der Waals surface area contributed by atoms with Gasteiger partial charge in [-0.2, -0.15) is 4.98 Å². The highest BCUT2D eigenvalue weighted by atomic mass is 32.2. The number of thioether (sulfide) groups is 1. The predicted octanol–water partition coefficient (Wildman–Crippen LogP) is 5.32. The van der Waals surface area contributed by atoms with E-state index in [1.54, 1.807) is 27.7 Å². The third kappa shape index (κ3) is 10.5. The van der Waals surface area contributed by atoms with Crippen LogP contribution in [0.1, 0.15) is 47.5 Å². The van der Waals surface area contributed by atoms with E-state index in [-0.39, 0.29) is 48.3 Å². The van der Waals surface area contributed by atoms with Crippen LogP contribution >= 0.6 is 11.8 Å². The number of ether oxygens (including phenoxy) is 1. The topological polar surface area (TPSA) is 185 Å². The summed E-state index contributed by atoms with van der Waals surface area (Å²) in [5, 5.41) is 19.8. The molecule has 5 N–H and O–H groups in total. The number of halogens is 4. The van der Waals surface area contributed by atoms with Gasteiger partial charge in [-0.3, -0.25) is 4.79 Å². The lowest BCUT2D eigenvalue weighted by Crippen LogP contribution is -2.44. The van der Waals surface area contributed by atoms with E-state index >= 15 is 4.39 Å². The summed E-state index contributed by atoms with van der Waals surface area (Å²) in [7, 11) is 0. The molecule has 1 aliphatic rings. The van der Waals surface area contributed by atoms with Gasteiger partial charge in [0.15, 0.2) is 0 Å². The monoisotopic (exact) mass is 660 g/mol. The highest BCUT2D eigenvalue weighted by Crippen LogP contribution is 2.39. The summed E-state index contributed by atoms with van der Waals surface area (Å²) in [6.07, 6.45) is -4.83. The van der Waals surface area contributed by atoms with E-state index in [9.17, 15) is 18.0 Å². The number of anilines is 1. The molecule has 0 spiro atoms. The molecule has 1 atom stereocenters. The minimum absolute atomic E-state index is 0. The van der Waals surface area contributed by atoms with E-state index in [4.69, 9.17) is 19.8 Å². The number of aromatic nitrogens is 4. The molecule has 0 radical (unpaired) electrons. The average Bonchev–Trinajstić information content (AvgIpc) is 3.57. The van der Waals surface area contributed by atoms with Crippen molar-refractivity contribution in [3.05, 3.63) is 53.7 Å². The molecule has 0 aliphatic carbocycles. The second-order valence-corrected chi connectivity index (χ2v) is 11.1. The van der Waals surface area contributed by atoms with Gasteiger partial charge in [-0.25, -0.2) is 4.39 Å². The van der Waals surface area contributed by atoms with Crippen molar-refractivity contribution in [2.45, 2.75) is 71.0 Å². The maximum absolute atomic E-state index is 15.1. The van der Waals surface area contributed by atoms with Crippen LogP contribution in [0.25, 0.3) is 23.2 Å². The van der Waals surface area contributed by atoms with Crippen molar-refractivity contribution in [2.24, 2.45) is 5.73 Å². The highest BCUT2D eigenvalue weighted by Gasteiger charge is 2.32. The fourth-order valence-corrected chi connectivity index (χ4v) is 4.56. The van der Waals surface area contributed by atoms with Gasteiger partial charge in [0.25, 0.3) is 0 Å². The van der Waals surface area contributed by atoms with E-state index in [0.29, 0.717) is 16.1 Å². The maximum atomic E-state index is 15.1. The summed E-state index contributed by atoms with van der Waals surface area (Å²) in [6.45, 7) is 10.8. The van der Waals surface area contributed by atoms with Crippen molar-refractivity contribution in [1.29, 1.82) is 0 Å². The largest absolute Gasteiger partial charge is 0.573 e. The molecule has 3 heterocycles. The molecule has 45 heavy (non-hydrogen) atoms. The number of carbonyl (C=O) groups excluding carboxylic acids is 1. The molecule has 0 bridgehead atoms. The van der Waals surface area contributed by atoms with Crippen LogP contribution in [0.4, 0.5) is 23.2 Å². The Bertz CT molecular complexity index is 1560. The minimum atomic E-state index is -4.83. The molecule has 1 amide bonds.